The summed E-state index contributed by atoms with van der Waals surface area (Å²) >= 11 is 0. The number of nitrogens with one attached hydrogen (secondary N) is 3. The Labute approximate surface area is 218 Å². The van der Waals surface area contributed by atoms with E-state index in [0.29, 0.717) is 28.2 Å². The van der Waals surface area contributed by atoms with Crippen molar-refractivity contribution < 1.29 is 9.50 Å². The molecule has 6 rings (SSSR count). The molecule has 1 unspecified atom stereocenters. The topological polar surface area (TPSA) is 115 Å². The summed E-state index contributed by atoms with van der Waals surface area (Å²) < 4.78 is 14.6. The fraction of sp³-hybridized carbons (Fsp3) is 0.172. The van der Waals surface area contributed by atoms with Gasteiger partial charge in [-0.05, 0) is 24.3 Å². The highest BCUT2D eigenvalue weighted by molar-refractivity contribution is 6.00. The lowest BCUT2D eigenvalue weighted by Crippen LogP contribution is -2.33. The van der Waals surface area contributed by atoms with Crippen LogP contribution in [0.1, 0.15) is 20.8 Å². The fourth-order valence-corrected chi connectivity index (χ4v) is 4.39. The monoisotopic (exact) mass is 507 g/mol. The van der Waals surface area contributed by atoms with Gasteiger partial charge < -0.3 is 15.4 Å². The van der Waals surface area contributed by atoms with Gasteiger partial charge in [-0.2, -0.15) is 5.10 Å². The minimum atomic E-state index is -0.730. The van der Waals surface area contributed by atoms with E-state index < -0.39 is 6.23 Å². The number of H-pyrrole nitrogens is 2. The molecule has 0 saturated heterocycles. The first-order valence-corrected chi connectivity index (χ1v) is 12.2. The van der Waals surface area contributed by atoms with Crippen LogP contribution in [-0.2, 0) is 0 Å². The Hall–Kier alpha value is -4.63. The molecule has 0 spiro atoms. The van der Waals surface area contributed by atoms with Crippen LogP contribution < -0.4 is 5.32 Å². The normalized spacial score (nSPS) is 12.8. The fourth-order valence-electron chi connectivity index (χ4n) is 4.39. The van der Waals surface area contributed by atoms with E-state index in [-0.39, 0.29) is 11.2 Å². The minimum Gasteiger partial charge on any atom is -0.373 e. The van der Waals surface area contributed by atoms with Crippen molar-refractivity contribution in [1.82, 2.24) is 30.1 Å². The second kappa shape index (κ2) is 9.04. The molecule has 38 heavy (non-hydrogen) atoms. The highest BCUT2D eigenvalue weighted by Crippen LogP contribution is 2.35. The summed E-state index contributed by atoms with van der Waals surface area (Å²) in [7, 11) is 0. The molecule has 5 aromatic heterocycles. The molecule has 0 bridgehead atoms. The highest BCUT2D eigenvalue weighted by Gasteiger charge is 2.22. The summed E-state index contributed by atoms with van der Waals surface area (Å²) in [5, 5.41) is 22.8. The van der Waals surface area contributed by atoms with Crippen molar-refractivity contribution in [3.05, 3.63) is 79.3 Å². The highest BCUT2D eigenvalue weighted by atomic mass is 19.1. The number of aromatic amines is 2. The van der Waals surface area contributed by atoms with Crippen LogP contribution in [0.15, 0.2) is 73.4 Å². The van der Waals surface area contributed by atoms with E-state index in [1.165, 1.54) is 6.07 Å². The van der Waals surface area contributed by atoms with Gasteiger partial charge in [0, 0.05) is 57.0 Å². The van der Waals surface area contributed by atoms with E-state index in [4.69, 9.17) is 0 Å². The van der Waals surface area contributed by atoms with E-state index in [1.807, 2.05) is 45.0 Å². The van der Waals surface area contributed by atoms with Crippen LogP contribution in [0, 0.1) is 11.2 Å². The molecule has 190 valence electrons. The average Bonchev–Trinajstić information content (AvgIpc) is 3.52. The first-order valence-electron chi connectivity index (χ1n) is 12.2. The van der Waals surface area contributed by atoms with Crippen molar-refractivity contribution in [2.75, 3.05) is 5.32 Å². The lowest BCUT2D eigenvalue weighted by Gasteiger charge is -2.27. The molecule has 0 radical (unpaired) electrons. The van der Waals surface area contributed by atoms with Crippen LogP contribution in [0.5, 0.6) is 0 Å². The SMILES string of the molecule is CC(C)(C)C(O)Nc1cncc(-c2cnc3[nH]nc(-c4cc5c(-c6ccccc6F)cncc5[nH]4)c3c2)c1. The van der Waals surface area contributed by atoms with Gasteiger partial charge in [0.15, 0.2) is 5.65 Å². The van der Waals surface area contributed by atoms with Gasteiger partial charge in [-0.25, -0.2) is 9.37 Å². The lowest BCUT2D eigenvalue weighted by atomic mass is 9.94. The predicted octanol–water partition coefficient (Wildman–Crippen LogP) is 6.15. The summed E-state index contributed by atoms with van der Waals surface area (Å²) in [6, 6.07) is 12.6. The maximum absolute atomic E-state index is 14.6. The molecule has 4 N–H and O–H groups in total. The summed E-state index contributed by atoms with van der Waals surface area (Å²) in [5.74, 6) is -0.302. The number of rotatable bonds is 5. The third-order valence-electron chi connectivity index (χ3n) is 6.58. The van der Waals surface area contributed by atoms with E-state index in [1.54, 1.807) is 43.1 Å². The molecule has 9 heteroatoms. The number of halogens is 1. The summed E-state index contributed by atoms with van der Waals surface area (Å²) in [4.78, 5) is 16.6. The van der Waals surface area contributed by atoms with E-state index in [2.05, 4.69) is 35.5 Å². The van der Waals surface area contributed by atoms with Gasteiger partial charge in [-0.1, -0.05) is 39.0 Å². The molecule has 5 heterocycles. The first kappa shape index (κ1) is 23.7. The van der Waals surface area contributed by atoms with Crippen LogP contribution in [0.2, 0.25) is 0 Å². The Kier molecular flexibility index (Phi) is 5.65. The van der Waals surface area contributed by atoms with Crippen molar-refractivity contribution in [1.29, 1.82) is 0 Å². The van der Waals surface area contributed by atoms with Crippen molar-refractivity contribution in [3.63, 3.8) is 0 Å². The number of nitrogens with zero attached hydrogens (tertiary/aromatic N) is 4. The van der Waals surface area contributed by atoms with Crippen LogP contribution in [-0.4, -0.2) is 41.5 Å². The number of hydrogen-bond donors (Lipinski definition) is 4. The Morgan fingerprint density at radius 1 is 0.895 bits per heavy atom. The molecule has 6 aromatic rings. The minimum absolute atomic E-state index is 0.302. The number of fused-ring (bicyclic) bond motifs is 2. The van der Waals surface area contributed by atoms with Crippen molar-refractivity contribution in [2.45, 2.75) is 27.0 Å². The maximum Gasteiger partial charge on any atom is 0.155 e. The second-order valence-electron chi connectivity index (χ2n) is 10.4. The van der Waals surface area contributed by atoms with Crippen LogP contribution in [0.4, 0.5) is 10.1 Å². The van der Waals surface area contributed by atoms with Crippen molar-refractivity contribution >= 4 is 27.6 Å². The number of benzene rings is 1. The molecule has 1 atom stereocenters. The van der Waals surface area contributed by atoms with Gasteiger partial charge in [0.25, 0.3) is 0 Å². The van der Waals surface area contributed by atoms with E-state index in [0.717, 1.165) is 33.1 Å². The molecule has 0 fully saturated rings. The predicted molar refractivity (Wildman–Crippen MR) is 147 cm³/mol. The zero-order valence-electron chi connectivity index (χ0n) is 21.1. The van der Waals surface area contributed by atoms with Gasteiger partial charge in [-0.3, -0.25) is 15.1 Å². The molecule has 0 aliphatic rings. The van der Waals surface area contributed by atoms with Gasteiger partial charge >= 0.3 is 0 Å². The van der Waals surface area contributed by atoms with E-state index >= 15 is 0 Å². The largest absolute Gasteiger partial charge is 0.373 e. The summed E-state index contributed by atoms with van der Waals surface area (Å²) in [6.45, 7) is 5.87. The Bertz CT molecular complexity index is 1780. The van der Waals surface area contributed by atoms with Gasteiger partial charge in [0.05, 0.1) is 29.3 Å². The third-order valence-corrected chi connectivity index (χ3v) is 6.58. The first-order chi connectivity index (χ1) is 18.3. The smallest absolute Gasteiger partial charge is 0.155 e. The molecular formula is C29H26FN7O. The Morgan fingerprint density at radius 3 is 2.50 bits per heavy atom. The molecule has 1 aromatic carbocycles. The Morgan fingerprint density at radius 2 is 1.68 bits per heavy atom. The summed E-state index contributed by atoms with van der Waals surface area (Å²) in [6.07, 6.45) is 7.86. The van der Waals surface area contributed by atoms with Crippen molar-refractivity contribution in [2.24, 2.45) is 5.41 Å². The number of hydrogen-bond acceptors (Lipinski definition) is 6. The zero-order valence-corrected chi connectivity index (χ0v) is 21.1. The van der Waals surface area contributed by atoms with Crippen molar-refractivity contribution in [3.8, 4) is 33.6 Å². The molecule has 0 amide bonds. The summed E-state index contributed by atoms with van der Waals surface area (Å²) in [5.41, 5.74) is 6.14. The van der Waals surface area contributed by atoms with Gasteiger partial charge in [-0.15, -0.1) is 0 Å². The van der Waals surface area contributed by atoms with Gasteiger partial charge in [0.1, 0.15) is 17.7 Å². The molecule has 8 nitrogen and oxygen atoms in total. The molecule has 0 saturated carbocycles. The number of aliphatic hydroxyl groups excluding tert-OH is 1. The van der Waals surface area contributed by atoms with E-state index in [9.17, 15) is 9.50 Å². The molecule has 0 aliphatic carbocycles. The Balaban J connectivity index is 1.40. The third kappa shape index (κ3) is 4.26. The number of pyridine rings is 3. The van der Waals surface area contributed by atoms with Crippen LogP contribution in [0.25, 0.3) is 55.6 Å². The van der Waals surface area contributed by atoms with Gasteiger partial charge in [0.2, 0.25) is 0 Å². The number of aromatic nitrogens is 6. The molecular weight excluding hydrogens is 481 g/mol. The van der Waals surface area contributed by atoms with Crippen LogP contribution >= 0.6 is 0 Å². The molecule has 0 aliphatic heterocycles. The lowest BCUT2D eigenvalue weighted by molar-refractivity contribution is 0.0880. The zero-order chi connectivity index (χ0) is 26.4. The van der Waals surface area contributed by atoms with Crippen LogP contribution in [0.3, 0.4) is 0 Å². The quantitative estimate of drug-likeness (QED) is 0.208. The average molecular weight is 508 g/mol. The number of anilines is 1. The number of aliphatic hydroxyl groups is 1. The maximum atomic E-state index is 14.6. The standard InChI is InChI=1S/C29H26FN7O/c1-29(2,3)28(38)34-18-8-16(11-31-13-18)17-9-21-26(36-37-27(21)33-12-17)24-10-20-22(14-32-15-25(20)35-24)19-6-4-5-7-23(19)30/h4-15,28,34-35,38H,1-3H3,(H,33,36,37). The second-order valence-corrected chi connectivity index (χ2v) is 10.4.